The molecule has 4 rings (SSSR count). The van der Waals surface area contributed by atoms with Gasteiger partial charge in [-0.2, -0.15) is 0 Å². The highest BCUT2D eigenvalue weighted by atomic mass is 35.5. The zero-order valence-electron chi connectivity index (χ0n) is 16.8. The fourth-order valence-electron chi connectivity index (χ4n) is 3.96. The van der Waals surface area contributed by atoms with E-state index in [0.29, 0.717) is 12.1 Å². The maximum atomic E-state index is 13.1. The van der Waals surface area contributed by atoms with Crippen LogP contribution in [-0.2, 0) is 22.9 Å². The van der Waals surface area contributed by atoms with Crippen LogP contribution in [0.1, 0.15) is 22.7 Å². The number of rotatable bonds is 5. The van der Waals surface area contributed by atoms with Gasteiger partial charge in [0, 0.05) is 12.6 Å². The van der Waals surface area contributed by atoms with Gasteiger partial charge in [-0.1, -0.05) is 77.3 Å². The zero-order chi connectivity index (χ0) is 22.2. The van der Waals surface area contributed by atoms with Crippen molar-refractivity contribution in [3.8, 4) is 0 Å². The van der Waals surface area contributed by atoms with Gasteiger partial charge in [-0.25, -0.2) is 8.42 Å². The minimum absolute atomic E-state index is 0.0142. The van der Waals surface area contributed by atoms with E-state index in [1.54, 1.807) is 12.1 Å². The van der Waals surface area contributed by atoms with Crippen LogP contribution in [0, 0.1) is 0 Å². The molecule has 0 bridgehead atoms. The first-order valence-electron chi connectivity index (χ1n) is 9.79. The van der Waals surface area contributed by atoms with Crippen molar-refractivity contribution < 1.29 is 8.42 Å². The van der Waals surface area contributed by atoms with E-state index < -0.39 is 10.0 Å². The van der Waals surface area contributed by atoms with Crippen LogP contribution in [-0.4, -0.2) is 26.9 Å². The molecule has 8 heteroatoms. The lowest BCUT2D eigenvalue weighted by molar-refractivity contribution is 0.229. The van der Waals surface area contributed by atoms with E-state index in [-0.39, 0.29) is 26.0 Å². The number of fused-ring (bicyclic) bond motifs is 1. The Hall–Kier alpha value is -1.76. The van der Waals surface area contributed by atoms with E-state index in [0.717, 1.165) is 18.5 Å². The summed E-state index contributed by atoms with van der Waals surface area (Å²) < 4.78 is 28.9. The summed E-state index contributed by atoms with van der Waals surface area (Å²) in [6.45, 7) is 0.953. The van der Waals surface area contributed by atoms with Gasteiger partial charge in [-0.3, -0.25) is 9.62 Å². The third-order valence-corrected chi connectivity index (χ3v) is 8.17. The number of likely N-dealkylation sites (N-methyl/N-ethyl adjacent to an activating group) is 1. The average Bonchev–Trinajstić information content (AvgIpc) is 2.73. The molecule has 3 aromatic rings. The number of benzene rings is 3. The fourth-order valence-corrected chi connectivity index (χ4v) is 6.06. The molecule has 0 fully saturated rings. The molecule has 0 amide bonds. The van der Waals surface area contributed by atoms with Gasteiger partial charge in [0.15, 0.2) is 0 Å². The van der Waals surface area contributed by atoms with Crippen LogP contribution in [0.3, 0.4) is 0 Å². The van der Waals surface area contributed by atoms with Gasteiger partial charge in [0.2, 0.25) is 0 Å². The van der Waals surface area contributed by atoms with Crippen molar-refractivity contribution in [2.75, 3.05) is 18.3 Å². The van der Waals surface area contributed by atoms with Crippen LogP contribution in [0.25, 0.3) is 0 Å². The molecular weight excluding hydrogens is 475 g/mol. The minimum Gasteiger partial charge on any atom is -0.299 e. The summed E-state index contributed by atoms with van der Waals surface area (Å²) in [6, 6.07) is 18.6. The molecule has 1 atom stereocenters. The molecule has 31 heavy (non-hydrogen) atoms. The van der Waals surface area contributed by atoms with Crippen molar-refractivity contribution in [2.45, 2.75) is 23.8 Å². The largest absolute Gasteiger partial charge is 0.299 e. The Kier molecular flexibility index (Phi) is 6.52. The molecule has 0 aromatic heterocycles. The molecule has 0 saturated heterocycles. The molecule has 1 aliphatic heterocycles. The molecule has 3 aromatic carbocycles. The Labute approximate surface area is 197 Å². The molecule has 0 radical (unpaired) electrons. The summed E-state index contributed by atoms with van der Waals surface area (Å²) in [7, 11) is -1.86. The van der Waals surface area contributed by atoms with Crippen LogP contribution in [0.4, 0.5) is 5.69 Å². The Bertz CT molecular complexity index is 1230. The number of anilines is 1. The number of para-hydroxylation sites is 1. The summed E-state index contributed by atoms with van der Waals surface area (Å²) in [5.74, 6) is 0. The quantitative estimate of drug-likeness (QED) is 0.428. The van der Waals surface area contributed by atoms with Gasteiger partial charge < -0.3 is 0 Å². The number of hydrogen-bond donors (Lipinski definition) is 1. The predicted molar refractivity (Wildman–Crippen MR) is 128 cm³/mol. The van der Waals surface area contributed by atoms with E-state index in [1.807, 2.05) is 18.2 Å². The second-order valence-corrected chi connectivity index (χ2v) is 10.5. The molecule has 0 saturated carbocycles. The summed E-state index contributed by atoms with van der Waals surface area (Å²) >= 11 is 18.1. The van der Waals surface area contributed by atoms with Crippen molar-refractivity contribution >= 4 is 50.5 Å². The van der Waals surface area contributed by atoms with Gasteiger partial charge in [-0.05, 0) is 54.8 Å². The highest BCUT2D eigenvalue weighted by Crippen LogP contribution is 2.35. The molecule has 162 valence electrons. The van der Waals surface area contributed by atoms with Crippen LogP contribution in [0.15, 0.2) is 65.6 Å². The third-order valence-electron chi connectivity index (χ3n) is 5.62. The van der Waals surface area contributed by atoms with Gasteiger partial charge in [0.25, 0.3) is 10.0 Å². The van der Waals surface area contributed by atoms with E-state index in [1.165, 1.54) is 23.3 Å². The van der Waals surface area contributed by atoms with Crippen molar-refractivity contribution in [1.82, 2.24) is 4.90 Å². The van der Waals surface area contributed by atoms with Crippen molar-refractivity contribution in [3.63, 3.8) is 0 Å². The summed E-state index contributed by atoms with van der Waals surface area (Å²) in [5, 5.41) is 0.338. The van der Waals surface area contributed by atoms with Gasteiger partial charge in [-0.15, -0.1) is 0 Å². The normalized spacial score (nSPS) is 16.7. The van der Waals surface area contributed by atoms with Crippen LogP contribution in [0.2, 0.25) is 15.1 Å². The average molecular weight is 496 g/mol. The number of halogens is 3. The van der Waals surface area contributed by atoms with E-state index in [9.17, 15) is 8.42 Å². The Morgan fingerprint density at radius 3 is 2.45 bits per heavy atom. The van der Waals surface area contributed by atoms with Gasteiger partial charge in [0.1, 0.15) is 4.90 Å². The molecule has 0 spiro atoms. The van der Waals surface area contributed by atoms with Gasteiger partial charge in [0.05, 0.1) is 20.8 Å². The SMILES string of the molecule is CN1CCc2ccccc2[C@@H]1Cc1ccccc1NS(=O)(=O)c1cc(Cl)c(Cl)cc1Cl. The molecule has 0 aliphatic carbocycles. The van der Waals surface area contributed by atoms with Crippen molar-refractivity contribution in [2.24, 2.45) is 0 Å². The Balaban J connectivity index is 1.67. The van der Waals surface area contributed by atoms with Crippen molar-refractivity contribution in [1.29, 1.82) is 0 Å². The van der Waals surface area contributed by atoms with Gasteiger partial charge >= 0.3 is 0 Å². The summed E-state index contributed by atoms with van der Waals surface area (Å²) in [4.78, 5) is 2.20. The van der Waals surface area contributed by atoms with Crippen LogP contribution in [0.5, 0.6) is 0 Å². The number of sulfonamides is 1. The minimum atomic E-state index is -3.96. The molecule has 4 nitrogen and oxygen atoms in total. The molecule has 1 N–H and O–H groups in total. The maximum Gasteiger partial charge on any atom is 0.263 e. The lowest BCUT2D eigenvalue weighted by Gasteiger charge is -2.35. The fraction of sp³-hybridized carbons (Fsp3) is 0.217. The number of hydrogen-bond acceptors (Lipinski definition) is 3. The Morgan fingerprint density at radius 2 is 1.65 bits per heavy atom. The van der Waals surface area contributed by atoms with E-state index >= 15 is 0 Å². The summed E-state index contributed by atoms with van der Waals surface area (Å²) in [6.07, 6.45) is 1.68. The predicted octanol–water partition coefficient (Wildman–Crippen LogP) is 6.22. The number of nitrogens with one attached hydrogen (secondary N) is 1. The van der Waals surface area contributed by atoms with Crippen molar-refractivity contribution in [3.05, 3.63) is 92.4 Å². The lowest BCUT2D eigenvalue weighted by atomic mass is 9.89. The first-order chi connectivity index (χ1) is 14.8. The van der Waals surface area contributed by atoms with E-state index in [4.69, 9.17) is 34.8 Å². The lowest BCUT2D eigenvalue weighted by Crippen LogP contribution is -2.33. The molecule has 1 aliphatic rings. The Morgan fingerprint density at radius 1 is 0.968 bits per heavy atom. The molecule has 0 unspecified atom stereocenters. The molecule has 1 heterocycles. The summed E-state index contributed by atoms with van der Waals surface area (Å²) in [5.41, 5.74) is 4.03. The second kappa shape index (κ2) is 9.00. The standard InChI is InChI=1S/C23H21Cl3N2O2S/c1-28-11-10-15-6-2-4-8-17(15)22(28)12-16-7-3-5-9-21(16)27-31(29,30)23-14-19(25)18(24)13-20(23)26/h2-9,13-14,22,27H,10-12H2,1H3/t22-/m0/s1. The van der Waals surface area contributed by atoms with Crippen LogP contribution < -0.4 is 4.72 Å². The maximum absolute atomic E-state index is 13.1. The van der Waals surface area contributed by atoms with E-state index in [2.05, 4.69) is 34.9 Å². The monoisotopic (exact) mass is 494 g/mol. The third kappa shape index (κ3) is 4.71. The first-order valence-corrected chi connectivity index (χ1v) is 12.4. The first kappa shape index (κ1) is 22.4. The number of nitrogens with zero attached hydrogens (tertiary/aromatic N) is 1. The second-order valence-electron chi connectivity index (χ2n) is 7.61. The topological polar surface area (TPSA) is 49.4 Å². The highest BCUT2D eigenvalue weighted by Gasteiger charge is 2.26. The van der Waals surface area contributed by atoms with Crippen LogP contribution >= 0.6 is 34.8 Å². The smallest absolute Gasteiger partial charge is 0.263 e. The highest BCUT2D eigenvalue weighted by molar-refractivity contribution is 7.92. The zero-order valence-corrected chi connectivity index (χ0v) is 19.9. The molecular formula is C23H21Cl3N2O2S.